The van der Waals surface area contributed by atoms with Gasteiger partial charge in [-0.25, -0.2) is 0 Å². The average molecular weight is 277 g/mol. The molecule has 1 aromatic rings. The summed E-state index contributed by atoms with van der Waals surface area (Å²) in [6, 6.07) is 4.91. The molecular formula is C7H8AsNO6. The van der Waals surface area contributed by atoms with Crippen molar-refractivity contribution in [1.82, 2.24) is 0 Å². The molecule has 1 rings (SSSR count). The van der Waals surface area contributed by atoms with Gasteiger partial charge < -0.3 is 0 Å². The number of carboxylic acids is 1. The quantitative estimate of drug-likeness (QED) is 0.502. The van der Waals surface area contributed by atoms with Crippen LogP contribution >= 0.6 is 0 Å². The molecule has 82 valence electrons. The number of carboxylic acid groups (broad SMARTS) is 1. The van der Waals surface area contributed by atoms with E-state index in [-0.39, 0.29) is 11.3 Å². The second-order valence-electron chi connectivity index (χ2n) is 2.49. The fraction of sp³-hybridized carbons (Fsp3) is 0. The van der Waals surface area contributed by atoms with Crippen LogP contribution in [-0.2, 0) is 7.57 Å². The predicted octanol–water partition coefficient (Wildman–Crippen LogP) is -0.488. The van der Waals surface area contributed by atoms with Gasteiger partial charge in [-0.1, -0.05) is 0 Å². The van der Waals surface area contributed by atoms with E-state index in [1.807, 2.05) is 0 Å². The zero-order valence-electron chi connectivity index (χ0n) is 7.36. The molecule has 4 N–H and O–H groups in total. The van der Waals surface area contributed by atoms with Gasteiger partial charge in [-0.05, 0) is 0 Å². The summed E-state index contributed by atoms with van der Waals surface area (Å²) in [6.45, 7) is 0. The van der Waals surface area contributed by atoms with Gasteiger partial charge in [0.1, 0.15) is 0 Å². The van der Waals surface area contributed by atoms with Crippen LogP contribution in [0.4, 0.5) is 0 Å². The minimum atomic E-state index is -4.91. The fourth-order valence-corrected chi connectivity index (χ4v) is 1.72. The van der Waals surface area contributed by atoms with Gasteiger partial charge in [0, 0.05) is 0 Å². The molecule has 0 bridgehead atoms. The zero-order chi connectivity index (χ0) is 11.5. The first-order valence-corrected chi connectivity index (χ1v) is 6.82. The molecule has 0 heterocycles. The monoisotopic (exact) mass is 277 g/mol. The first kappa shape index (κ1) is 11.8. The van der Waals surface area contributed by atoms with Gasteiger partial charge in [0.05, 0.1) is 0 Å². The van der Waals surface area contributed by atoms with E-state index in [1.54, 1.807) is 0 Å². The average Bonchev–Trinajstić information content (AvgIpc) is 2.18. The first-order chi connectivity index (χ1) is 6.94. The fourth-order valence-electron chi connectivity index (χ4n) is 0.813. The van der Waals surface area contributed by atoms with Crippen molar-refractivity contribution in [3.05, 3.63) is 29.8 Å². The predicted molar refractivity (Wildman–Crippen MR) is 48.0 cm³/mol. The van der Waals surface area contributed by atoms with Crippen LogP contribution in [0.5, 0.6) is 5.75 Å². The number of hydrogen-bond acceptors (Lipinski definition) is 5. The van der Waals surface area contributed by atoms with Crippen molar-refractivity contribution in [3.63, 3.8) is 0 Å². The van der Waals surface area contributed by atoms with Gasteiger partial charge in [0.2, 0.25) is 0 Å². The van der Waals surface area contributed by atoms with E-state index in [0.29, 0.717) is 0 Å². The van der Waals surface area contributed by atoms with Gasteiger partial charge in [-0.3, -0.25) is 0 Å². The molecule has 1 aromatic carbocycles. The topological polar surface area (TPSA) is 119 Å². The van der Waals surface area contributed by atoms with E-state index in [1.165, 1.54) is 24.3 Å². The molecule has 0 spiro atoms. The second kappa shape index (κ2) is 4.50. The third-order valence-corrected chi connectivity index (χ3v) is 2.94. The van der Waals surface area contributed by atoms with Crippen LogP contribution in [0.1, 0.15) is 10.4 Å². The molecule has 0 amide bonds. The SMILES string of the molecule is NO[As](=O)(O)Oc1ccc(C(=O)O)cc1. The minimum absolute atomic E-state index is 0.00968. The maximum absolute atomic E-state index is 10.9. The Balaban J connectivity index is 2.82. The summed E-state index contributed by atoms with van der Waals surface area (Å²) in [4.78, 5) is 10.5. The van der Waals surface area contributed by atoms with E-state index in [0.717, 1.165) is 0 Å². The molecule has 1 atom stereocenters. The molecule has 0 aliphatic rings. The molecular weight excluding hydrogens is 269 g/mol. The normalized spacial score (nSPS) is 14.3. The summed E-state index contributed by atoms with van der Waals surface area (Å²) < 4.78 is 28.1. The van der Waals surface area contributed by atoms with E-state index in [4.69, 9.17) is 9.20 Å². The third kappa shape index (κ3) is 3.41. The van der Waals surface area contributed by atoms with Crippen LogP contribution in [0.3, 0.4) is 0 Å². The van der Waals surface area contributed by atoms with Crippen molar-refractivity contribution >= 4 is 20.5 Å². The molecule has 0 aliphatic carbocycles. The van der Waals surface area contributed by atoms with Crippen molar-refractivity contribution in [2.45, 2.75) is 0 Å². The van der Waals surface area contributed by atoms with Crippen molar-refractivity contribution in [3.8, 4) is 5.75 Å². The van der Waals surface area contributed by atoms with Crippen molar-refractivity contribution in [1.29, 1.82) is 0 Å². The van der Waals surface area contributed by atoms with E-state index in [9.17, 15) is 8.53 Å². The second-order valence-corrected chi connectivity index (χ2v) is 5.29. The molecule has 0 saturated heterocycles. The molecule has 0 fully saturated rings. The van der Waals surface area contributed by atoms with Gasteiger partial charge >= 0.3 is 87.2 Å². The van der Waals surface area contributed by atoms with Gasteiger partial charge in [-0.15, -0.1) is 0 Å². The molecule has 1 unspecified atom stereocenters. The summed E-state index contributed by atoms with van der Waals surface area (Å²) in [5.41, 5.74) is 0.0380. The summed E-state index contributed by atoms with van der Waals surface area (Å²) >= 11 is -4.91. The molecule has 0 aliphatic heterocycles. The number of benzene rings is 1. The molecule has 8 heteroatoms. The van der Waals surface area contributed by atoms with Gasteiger partial charge in [-0.2, -0.15) is 0 Å². The van der Waals surface area contributed by atoms with Crippen LogP contribution in [0.25, 0.3) is 0 Å². The van der Waals surface area contributed by atoms with Crippen LogP contribution in [0.2, 0.25) is 0 Å². The Bertz CT molecular complexity index is 402. The van der Waals surface area contributed by atoms with E-state index >= 15 is 0 Å². The zero-order valence-corrected chi connectivity index (χ0v) is 9.24. The maximum atomic E-state index is 10.9. The number of carbonyl (C=O) groups is 1. The number of hydrogen-bond donors (Lipinski definition) is 3. The van der Waals surface area contributed by atoms with Gasteiger partial charge in [0.15, 0.2) is 0 Å². The summed E-state index contributed by atoms with van der Waals surface area (Å²) in [5.74, 6) is 3.43. The summed E-state index contributed by atoms with van der Waals surface area (Å²) in [5, 5.41) is 8.57. The van der Waals surface area contributed by atoms with Crippen LogP contribution < -0.4 is 9.62 Å². The van der Waals surface area contributed by atoms with Crippen molar-refractivity contribution in [2.24, 2.45) is 5.90 Å². The number of rotatable bonds is 4. The molecule has 0 aromatic heterocycles. The Kier molecular flexibility index (Phi) is 3.54. The standard InChI is InChI=1S/C7H8AsNO6/c9-15-8(12,13)14-6-3-1-5(2-4-6)7(10)11/h1-4H,9H2,(H,10,11)(H,12,13). The Labute approximate surface area is 87.7 Å². The van der Waals surface area contributed by atoms with E-state index in [2.05, 4.69) is 13.4 Å². The summed E-state index contributed by atoms with van der Waals surface area (Å²) in [7, 11) is 0. The van der Waals surface area contributed by atoms with Crippen molar-refractivity contribution < 1.29 is 25.3 Å². The van der Waals surface area contributed by atoms with E-state index < -0.39 is 20.5 Å². The number of nitrogens with two attached hydrogens (primary N) is 1. The molecule has 0 radical (unpaired) electrons. The molecule has 7 nitrogen and oxygen atoms in total. The van der Waals surface area contributed by atoms with Crippen molar-refractivity contribution in [2.75, 3.05) is 0 Å². The van der Waals surface area contributed by atoms with Crippen LogP contribution in [0, 0.1) is 0 Å². The Morgan fingerprint density at radius 3 is 2.27 bits per heavy atom. The Hall–Kier alpha value is -1.27. The Morgan fingerprint density at radius 1 is 1.33 bits per heavy atom. The molecule has 0 saturated carbocycles. The van der Waals surface area contributed by atoms with Gasteiger partial charge in [0.25, 0.3) is 0 Å². The third-order valence-electron chi connectivity index (χ3n) is 1.46. The number of aromatic carboxylic acids is 1. The van der Waals surface area contributed by atoms with Crippen LogP contribution in [-0.4, -0.2) is 29.7 Å². The molecule has 15 heavy (non-hydrogen) atoms. The Morgan fingerprint density at radius 2 is 1.87 bits per heavy atom. The summed E-state index contributed by atoms with van der Waals surface area (Å²) in [6.07, 6.45) is 0. The van der Waals surface area contributed by atoms with Crippen LogP contribution in [0.15, 0.2) is 24.3 Å². The first-order valence-electron chi connectivity index (χ1n) is 3.69.